The highest BCUT2D eigenvalue weighted by Crippen LogP contribution is 2.25. The number of hydrogen-bond donors (Lipinski definition) is 1. The van der Waals surface area contributed by atoms with E-state index in [2.05, 4.69) is 0 Å². The smallest absolute Gasteiger partial charge is 0.253 e. The molecule has 2 aliphatic heterocycles. The molecule has 0 saturated carbocycles. The van der Waals surface area contributed by atoms with Gasteiger partial charge in [-0.3, -0.25) is 9.59 Å². The Labute approximate surface area is 136 Å². The molecule has 2 aliphatic rings. The number of aliphatic hydroxyl groups excluding tert-OH is 1. The van der Waals surface area contributed by atoms with Crippen molar-refractivity contribution in [3.63, 3.8) is 0 Å². The van der Waals surface area contributed by atoms with Crippen LogP contribution in [-0.4, -0.2) is 47.6 Å². The largest absolute Gasteiger partial charge is 0.393 e. The third kappa shape index (κ3) is 3.39. The van der Waals surface area contributed by atoms with Crippen LogP contribution in [0.1, 0.15) is 43.0 Å². The quantitative estimate of drug-likeness (QED) is 0.928. The molecule has 1 N–H and O–H groups in total. The van der Waals surface area contributed by atoms with Gasteiger partial charge in [-0.2, -0.15) is 0 Å². The first-order valence-corrected chi connectivity index (χ1v) is 8.44. The predicted molar refractivity (Wildman–Crippen MR) is 88.3 cm³/mol. The normalized spacial score (nSPS) is 20.9. The van der Waals surface area contributed by atoms with Crippen molar-refractivity contribution in [3.8, 4) is 0 Å². The maximum atomic E-state index is 12.7. The number of benzene rings is 1. The summed E-state index contributed by atoms with van der Waals surface area (Å²) in [4.78, 5) is 28.2. The van der Waals surface area contributed by atoms with Crippen LogP contribution < -0.4 is 4.90 Å². The zero-order valence-corrected chi connectivity index (χ0v) is 13.6. The van der Waals surface area contributed by atoms with Crippen molar-refractivity contribution >= 4 is 17.5 Å². The van der Waals surface area contributed by atoms with Crippen molar-refractivity contribution < 1.29 is 14.7 Å². The highest BCUT2D eigenvalue weighted by molar-refractivity contribution is 5.99. The Morgan fingerprint density at radius 1 is 1.26 bits per heavy atom. The lowest BCUT2D eigenvalue weighted by Gasteiger charge is -2.33. The van der Waals surface area contributed by atoms with E-state index in [1.807, 2.05) is 36.1 Å². The Hall–Kier alpha value is -1.88. The molecule has 124 valence electrons. The molecule has 2 amide bonds. The molecule has 0 bridgehead atoms. The summed E-state index contributed by atoms with van der Waals surface area (Å²) in [6, 6.07) is 7.37. The Morgan fingerprint density at radius 3 is 2.61 bits per heavy atom. The molecule has 23 heavy (non-hydrogen) atoms. The molecule has 1 unspecified atom stereocenters. The van der Waals surface area contributed by atoms with Gasteiger partial charge in [0.05, 0.1) is 6.10 Å². The number of nitrogens with zero attached hydrogens (tertiary/aromatic N) is 2. The summed E-state index contributed by atoms with van der Waals surface area (Å²) in [6.07, 6.45) is 2.84. The molecular formula is C18H24N2O3. The summed E-state index contributed by atoms with van der Waals surface area (Å²) in [7, 11) is 0. The van der Waals surface area contributed by atoms with Gasteiger partial charge in [0, 0.05) is 37.3 Å². The van der Waals surface area contributed by atoms with E-state index in [1.54, 1.807) is 4.90 Å². The van der Waals surface area contributed by atoms with E-state index in [4.69, 9.17) is 0 Å². The van der Waals surface area contributed by atoms with E-state index < -0.39 is 0 Å². The number of rotatable bonds is 3. The van der Waals surface area contributed by atoms with Gasteiger partial charge in [-0.15, -0.1) is 0 Å². The van der Waals surface area contributed by atoms with Crippen LogP contribution in [0.3, 0.4) is 0 Å². The predicted octanol–water partition coefficient (Wildman–Crippen LogP) is 2.05. The fraction of sp³-hybridized carbons (Fsp3) is 0.556. The van der Waals surface area contributed by atoms with Gasteiger partial charge in [0.15, 0.2) is 0 Å². The monoisotopic (exact) mass is 316 g/mol. The van der Waals surface area contributed by atoms with E-state index in [1.165, 1.54) is 0 Å². The summed E-state index contributed by atoms with van der Waals surface area (Å²) < 4.78 is 0. The molecule has 2 fully saturated rings. The van der Waals surface area contributed by atoms with Gasteiger partial charge in [0.2, 0.25) is 5.91 Å². The molecule has 1 aromatic rings. The van der Waals surface area contributed by atoms with Crippen LogP contribution in [0.2, 0.25) is 0 Å². The number of carbonyl (C=O) groups excluding carboxylic acids is 2. The van der Waals surface area contributed by atoms with Gasteiger partial charge in [-0.05, 0) is 50.3 Å². The molecule has 1 aromatic carbocycles. The number of likely N-dealkylation sites (tertiary alicyclic amines) is 1. The van der Waals surface area contributed by atoms with Crippen LogP contribution in [0.25, 0.3) is 0 Å². The molecule has 3 rings (SSSR count). The summed E-state index contributed by atoms with van der Waals surface area (Å²) in [6.45, 7) is 3.91. The van der Waals surface area contributed by atoms with Gasteiger partial charge in [0.25, 0.3) is 5.91 Å². The Bertz CT molecular complexity index is 592. The molecule has 0 spiro atoms. The Balaban J connectivity index is 1.69. The molecule has 5 heteroatoms. The zero-order chi connectivity index (χ0) is 16.4. The third-order valence-electron chi connectivity index (χ3n) is 4.99. The second-order valence-electron chi connectivity index (χ2n) is 6.57. The van der Waals surface area contributed by atoms with Crippen LogP contribution >= 0.6 is 0 Å². The molecule has 2 heterocycles. The molecule has 5 nitrogen and oxygen atoms in total. The lowest BCUT2D eigenvalue weighted by molar-refractivity contribution is -0.117. The van der Waals surface area contributed by atoms with Crippen molar-refractivity contribution in [3.05, 3.63) is 29.8 Å². The number of amides is 2. The van der Waals surface area contributed by atoms with E-state index in [0.29, 0.717) is 25.1 Å². The summed E-state index contributed by atoms with van der Waals surface area (Å²) in [5, 5.41) is 9.66. The fourth-order valence-corrected chi connectivity index (χ4v) is 3.50. The van der Waals surface area contributed by atoms with E-state index in [-0.39, 0.29) is 23.8 Å². The van der Waals surface area contributed by atoms with Crippen LogP contribution in [0.4, 0.5) is 5.69 Å². The minimum atomic E-state index is -0.309. The minimum Gasteiger partial charge on any atom is -0.393 e. The number of anilines is 1. The third-order valence-corrected chi connectivity index (χ3v) is 4.99. The van der Waals surface area contributed by atoms with E-state index in [0.717, 1.165) is 31.5 Å². The van der Waals surface area contributed by atoms with Crippen LogP contribution in [0, 0.1) is 5.92 Å². The average Bonchev–Trinajstić information content (AvgIpc) is 3.00. The minimum absolute atomic E-state index is 0.0162. The number of carbonyl (C=O) groups is 2. The van der Waals surface area contributed by atoms with Gasteiger partial charge in [0.1, 0.15) is 0 Å². The molecule has 1 atom stereocenters. The van der Waals surface area contributed by atoms with Gasteiger partial charge in [-0.1, -0.05) is 6.07 Å². The van der Waals surface area contributed by atoms with Crippen molar-refractivity contribution in [2.45, 2.75) is 38.7 Å². The Morgan fingerprint density at radius 2 is 2.00 bits per heavy atom. The van der Waals surface area contributed by atoms with Crippen molar-refractivity contribution in [2.75, 3.05) is 24.5 Å². The topological polar surface area (TPSA) is 60.9 Å². The van der Waals surface area contributed by atoms with Crippen molar-refractivity contribution in [1.29, 1.82) is 0 Å². The second kappa shape index (κ2) is 6.71. The molecule has 2 saturated heterocycles. The zero-order valence-electron chi connectivity index (χ0n) is 13.6. The van der Waals surface area contributed by atoms with E-state index >= 15 is 0 Å². The SMILES string of the molecule is CC(O)C1CCN(C(=O)c2cccc(N3CCCC3=O)c2)CC1. The maximum Gasteiger partial charge on any atom is 0.253 e. The van der Waals surface area contributed by atoms with Gasteiger partial charge in [-0.25, -0.2) is 0 Å². The molecule has 0 radical (unpaired) electrons. The fourth-order valence-electron chi connectivity index (χ4n) is 3.50. The first kappa shape index (κ1) is 16.0. The van der Waals surface area contributed by atoms with Crippen molar-refractivity contribution in [2.24, 2.45) is 5.92 Å². The van der Waals surface area contributed by atoms with Crippen LogP contribution in [0.5, 0.6) is 0 Å². The van der Waals surface area contributed by atoms with Gasteiger partial charge >= 0.3 is 0 Å². The highest BCUT2D eigenvalue weighted by atomic mass is 16.3. The average molecular weight is 316 g/mol. The molecule has 0 aliphatic carbocycles. The van der Waals surface area contributed by atoms with Gasteiger partial charge < -0.3 is 14.9 Å². The van der Waals surface area contributed by atoms with Crippen LogP contribution in [0.15, 0.2) is 24.3 Å². The molecule has 0 aromatic heterocycles. The standard InChI is InChI=1S/C18H24N2O3/c1-13(21)14-7-10-19(11-8-14)18(23)15-4-2-5-16(12-15)20-9-3-6-17(20)22/h2,4-5,12-14,21H,3,6-11H2,1H3. The lowest BCUT2D eigenvalue weighted by Crippen LogP contribution is -2.40. The second-order valence-corrected chi connectivity index (χ2v) is 6.57. The molecular weight excluding hydrogens is 292 g/mol. The Kier molecular flexibility index (Phi) is 4.66. The van der Waals surface area contributed by atoms with E-state index in [9.17, 15) is 14.7 Å². The van der Waals surface area contributed by atoms with Crippen molar-refractivity contribution in [1.82, 2.24) is 4.90 Å². The number of hydrogen-bond acceptors (Lipinski definition) is 3. The summed E-state index contributed by atoms with van der Waals surface area (Å²) in [5.41, 5.74) is 1.45. The van der Waals surface area contributed by atoms with Crippen LogP contribution in [-0.2, 0) is 4.79 Å². The number of piperidine rings is 1. The summed E-state index contributed by atoms with van der Waals surface area (Å²) in [5.74, 6) is 0.433. The highest BCUT2D eigenvalue weighted by Gasteiger charge is 2.27. The first-order chi connectivity index (χ1) is 11.1. The maximum absolute atomic E-state index is 12.7. The number of aliphatic hydroxyl groups is 1. The first-order valence-electron chi connectivity index (χ1n) is 8.44. The summed E-state index contributed by atoms with van der Waals surface area (Å²) >= 11 is 0. The lowest BCUT2D eigenvalue weighted by atomic mass is 9.92.